The van der Waals surface area contributed by atoms with Crippen LogP contribution in [-0.4, -0.2) is 24.9 Å². The zero-order valence-electron chi connectivity index (χ0n) is 10.1. The van der Waals surface area contributed by atoms with Gasteiger partial charge in [-0.1, -0.05) is 18.2 Å². The summed E-state index contributed by atoms with van der Waals surface area (Å²) in [4.78, 5) is 18.8. The lowest BCUT2D eigenvalue weighted by atomic mass is 10.3. The molecule has 0 amide bonds. The van der Waals surface area contributed by atoms with Crippen molar-refractivity contribution < 1.29 is 0 Å². The molecule has 98 valence electrons. The molecule has 0 unspecified atom stereocenters. The molecule has 0 aliphatic carbocycles. The van der Waals surface area contributed by atoms with Gasteiger partial charge in [0.15, 0.2) is 5.65 Å². The topological polar surface area (TPSA) is 70.2 Å². The highest BCUT2D eigenvalue weighted by atomic mass is 35.5. The molecule has 0 atom stereocenters. The van der Waals surface area contributed by atoms with Crippen LogP contribution in [0.3, 0.4) is 0 Å². The summed E-state index contributed by atoms with van der Waals surface area (Å²) in [6.45, 7) is 0. The minimum Gasteiger partial charge on any atom is -0.349 e. The van der Waals surface area contributed by atoms with E-state index in [2.05, 4.69) is 37.1 Å². The van der Waals surface area contributed by atoms with E-state index in [0.717, 1.165) is 26.5 Å². The normalized spacial score (nSPS) is 11.4. The van der Waals surface area contributed by atoms with E-state index in [1.807, 2.05) is 18.2 Å². The number of fused-ring (bicyclic) bond motifs is 2. The summed E-state index contributed by atoms with van der Waals surface area (Å²) in [5.41, 5.74) is 2.46. The zero-order chi connectivity index (χ0) is 13.5. The second-order valence-corrected chi connectivity index (χ2v) is 5.59. The summed E-state index contributed by atoms with van der Waals surface area (Å²) in [5.74, 6) is 0. The molecule has 0 aliphatic rings. The number of para-hydroxylation sites is 1. The van der Waals surface area contributed by atoms with Crippen LogP contribution in [-0.2, 0) is 0 Å². The maximum Gasteiger partial charge on any atom is 0.225 e. The molecule has 0 aliphatic heterocycles. The lowest BCUT2D eigenvalue weighted by Gasteiger charge is -1.99. The molecule has 1 aromatic carbocycles. The zero-order valence-corrected chi connectivity index (χ0v) is 11.7. The highest BCUT2D eigenvalue weighted by Gasteiger charge is 2.11. The average molecular weight is 302 g/mol. The number of hydrogen-bond donors (Lipinski definition) is 2. The van der Waals surface area contributed by atoms with Gasteiger partial charge in [0.25, 0.3) is 0 Å². The maximum atomic E-state index is 5.93. The van der Waals surface area contributed by atoms with Crippen LogP contribution in [0.25, 0.3) is 22.1 Å². The minimum absolute atomic E-state index is 0.197. The van der Waals surface area contributed by atoms with Crippen LogP contribution in [0.2, 0.25) is 5.28 Å². The quantitative estimate of drug-likeness (QED) is 0.438. The smallest absolute Gasteiger partial charge is 0.225 e. The van der Waals surface area contributed by atoms with Crippen molar-refractivity contribution in [1.82, 2.24) is 24.9 Å². The summed E-state index contributed by atoms with van der Waals surface area (Å²) >= 11 is 7.43. The Labute approximate surface area is 122 Å². The number of aromatic nitrogens is 5. The number of nitrogens with zero attached hydrogens (tertiary/aromatic N) is 3. The highest BCUT2D eigenvalue weighted by Crippen LogP contribution is 2.32. The van der Waals surface area contributed by atoms with E-state index in [9.17, 15) is 0 Å². The van der Waals surface area contributed by atoms with Gasteiger partial charge < -0.3 is 9.97 Å². The fraction of sp³-hybridized carbons (Fsp3) is 0. The van der Waals surface area contributed by atoms with E-state index in [-0.39, 0.29) is 5.28 Å². The Hall–Kier alpha value is -2.05. The van der Waals surface area contributed by atoms with Gasteiger partial charge in [0, 0.05) is 10.9 Å². The van der Waals surface area contributed by atoms with E-state index >= 15 is 0 Å². The van der Waals surface area contributed by atoms with Gasteiger partial charge in [0.1, 0.15) is 10.5 Å². The number of aromatic amines is 2. The highest BCUT2D eigenvalue weighted by molar-refractivity contribution is 7.99. The van der Waals surface area contributed by atoms with Gasteiger partial charge in [0.2, 0.25) is 5.28 Å². The third kappa shape index (κ3) is 1.93. The van der Waals surface area contributed by atoms with Crippen molar-refractivity contribution in [1.29, 1.82) is 0 Å². The average Bonchev–Trinajstić information content (AvgIpc) is 3.03. The summed E-state index contributed by atoms with van der Waals surface area (Å²) in [6, 6.07) is 10.2. The van der Waals surface area contributed by atoms with E-state index in [1.165, 1.54) is 11.8 Å². The second-order valence-electron chi connectivity index (χ2n) is 4.22. The molecule has 4 aromatic rings. The fourth-order valence-corrected chi connectivity index (χ4v) is 3.22. The van der Waals surface area contributed by atoms with Gasteiger partial charge in [-0.05, 0) is 35.5 Å². The molecule has 0 fully saturated rings. The Morgan fingerprint density at radius 1 is 1.15 bits per heavy atom. The molecule has 0 saturated heterocycles. The van der Waals surface area contributed by atoms with E-state index < -0.39 is 0 Å². The first kappa shape index (κ1) is 11.7. The number of halogens is 1. The fourth-order valence-electron chi connectivity index (χ4n) is 2.06. The molecule has 2 N–H and O–H groups in total. The Balaban J connectivity index is 1.81. The van der Waals surface area contributed by atoms with E-state index in [0.29, 0.717) is 5.65 Å². The number of rotatable bonds is 2. The van der Waals surface area contributed by atoms with Crippen molar-refractivity contribution in [2.75, 3.05) is 0 Å². The molecule has 3 heterocycles. The lowest BCUT2D eigenvalue weighted by molar-refractivity contribution is 1.08. The first-order valence-electron chi connectivity index (χ1n) is 5.92. The van der Waals surface area contributed by atoms with Crippen LogP contribution in [0.5, 0.6) is 0 Å². The first-order chi connectivity index (χ1) is 9.79. The molecule has 3 aromatic heterocycles. The van der Waals surface area contributed by atoms with Gasteiger partial charge >= 0.3 is 0 Å². The Kier molecular flexibility index (Phi) is 2.64. The van der Waals surface area contributed by atoms with E-state index in [1.54, 1.807) is 6.33 Å². The molecule has 7 heteroatoms. The number of imidazole rings is 1. The predicted molar refractivity (Wildman–Crippen MR) is 79.1 cm³/mol. The van der Waals surface area contributed by atoms with Crippen molar-refractivity contribution in [3.63, 3.8) is 0 Å². The predicted octanol–water partition coefficient (Wildman–Crippen LogP) is 3.64. The summed E-state index contributed by atoms with van der Waals surface area (Å²) in [5, 5.41) is 3.11. The monoisotopic (exact) mass is 301 g/mol. The maximum absolute atomic E-state index is 5.93. The van der Waals surface area contributed by atoms with Crippen LogP contribution >= 0.6 is 23.4 Å². The van der Waals surface area contributed by atoms with Gasteiger partial charge in [-0.2, -0.15) is 4.98 Å². The van der Waals surface area contributed by atoms with Gasteiger partial charge in [-0.3, -0.25) is 0 Å². The third-order valence-electron chi connectivity index (χ3n) is 2.94. The van der Waals surface area contributed by atoms with Crippen molar-refractivity contribution in [2.24, 2.45) is 0 Å². The first-order valence-corrected chi connectivity index (χ1v) is 7.11. The molecular formula is C13H8ClN5S. The SMILES string of the molecule is Clc1nc(Sc2cc3ccccc3[nH]2)c2[nH]cnc2n1. The number of hydrogen-bond acceptors (Lipinski definition) is 4. The Bertz CT molecular complexity index is 880. The molecule has 0 saturated carbocycles. The van der Waals surface area contributed by atoms with Crippen molar-refractivity contribution in [3.05, 3.63) is 41.9 Å². The summed E-state index contributed by atoms with van der Waals surface area (Å²) in [7, 11) is 0. The summed E-state index contributed by atoms with van der Waals surface area (Å²) in [6.07, 6.45) is 1.59. The van der Waals surface area contributed by atoms with Crippen LogP contribution in [0.4, 0.5) is 0 Å². The molecule has 4 rings (SSSR count). The van der Waals surface area contributed by atoms with Crippen LogP contribution in [0.1, 0.15) is 0 Å². The number of benzene rings is 1. The second kappa shape index (κ2) is 4.50. The van der Waals surface area contributed by atoms with Crippen molar-refractivity contribution in [3.8, 4) is 0 Å². The Morgan fingerprint density at radius 2 is 2.05 bits per heavy atom. The molecule has 5 nitrogen and oxygen atoms in total. The van der Waals surface area contributed by atoms with Crippen LogP contribution in [0.15, 0.2) is 46.7 Å². The van der Waals surface area contributed by atoms with Crippen molar-refractivity contribution >= 4 is 45.4 Å². The van der Waals surface area contributed by atoms with Crippen molar-refractivity contribution in [2.45, 2.75) is 10.1 Å². The van der Waals surface area contributed by atoms with Gasteiger partial charge in [-0.25, -0.2) is 9.97 Å². The van der Waals surface area contributed by atoms with Gasteiger partial charge in [-0.15, -0.1) is 0 Å². The Morgan fingerprint density at radius 3 is 2.95 bits per heavy atom. The van der Waals surface area contributed by atoms with E-state index in [4.69, 9.17) is 11.6 Å². The van der Waals surface area contributed by atoms with Crippen LogP contribution in [0, 0.1) is 0 Å². The minimum atomic E-state index is 0.197. The largest absolute Gasteiger partial charge is 0.349 e. The molecule has 0 radical (unpaired) electrons. The number of nitrogens with one attached hydrogen (secondary N) is 2. The summed E-state index contributed by atoms with van der Waals surface area (Å²) < 4.78 is 0. The molecular weight excluding hydrogens is 294 g/mol. The lowest BCUT2D eigenvalue weighted by Crippen LogP contribution is -1.88. The molecule has 20 heavy (non-hydrogen) atoms. The molecule has 0 spiro atoms. The molecule has 0 bridgehead atoms. The third-order valence-corrected chi connectivity index (χ3v) is 4.03. The van der Waals surface area contributed by atoms with Crippen LogP contribution < -0.4 is 0 Å². The number of H-pyrrole nitrogens is 2. The van der Waals surface area contributed by atoms with Gasteiger partial charge in [0.05, 0.1) is 11.4 Å². The standard InChI is InChI=1S/C13H8ClN5S/c14-13-18-11-10(15-6-16-11)12(19-13)20-9-5-7-3-1-2-4-8(7)17-9/h1-6,17H,(H,15,16,18,19).